The van der Waals surface area contributed by atoms with Gasteiger partial charge in [0.2, 0.25) is 0 Å². The van der Waals surface area contributed by atoms with E-state index in [9.17, 15) is 4.79 Å². The smallest absolute Gasteiger partial charge is 0.311 e. The van der Waals surface area contributed by atoms with Crippen molar-refractivity contribution in [3.05, 3.63) is 12.2 Å². The molecule has 0 spiro atoms. The second kappa shape index (κ2) is 2.58. The number of hydrogen-bond acceptors (Lipinski definition) is 3. The van der Waals surface area contributed by atoms with E-state index in [1.54, 1.807) is 6.33 Å². The maximum Gasteiger partial charge on any atom is 0.311 e. The zero-order valence-corrected chi connectivity index (χ0v) is 6.47. The minimum Gasteiger partial charge on any atom is -0.481 e. The third-order valence-corrected chi connectivity index (χ3v) is 1.90. The molecule has 0 aliphatic heterocycles. The van der Waals surface area contributed by atoms with E-state index in [0.717, 1.165) is 12.8 Å². The van der Waals surface area contributed by atoms with Crippen LogP contribution in [0.25, 0.3) is 0 Å². The molecule has 5 nitrogen and oxygen atoms in total. The van der Waals surface area contributed by atoms with E-state index >= 15 is 0 Å². The number of hydrogen-bond donors (Lipinski definition) is 1. The average Bonchev–Trinajstić information content (AvgIpc) is 2.73. The Kier molecular flexibility index (Phi) is 1.56. The van der Waals surface area contributed by atoms with Crippen LogP contribution < -0.4 is 0 Å². The summed E-state index contributed by atoms with van der Waals surface area (Å²) in [6, 6.07) is 0.453. The fourth-order valence-corrected chi connectivity index (χ4v) is 1.19. The molecule has 0 saturated heterocycles. The lowest BCUT2D eigenvalue weighted by atomic mass is 10.4. The molecule has 1 aromatic rings. The molecule has 1 aromatic heterocycles. The molecule has 1 heterocycles. The van der Waals surface area contributed by atoms with E-state index in [-0.39, 0.29) is 6.42 Å². The van der Waals surface area contributed by atoms with Gasteiger partial charge in [0.15, 0.2) is 0 Å². The van der Waals surface area contributed by atoms with E-state index in [0.29, 0.717) is 11.9 Å². The van der Waals surface area contributed by atoms with Crippen molar-refractivity contribution >= 4 is 5.97 Å². The largest absolute Gasteiger partial charge is 0.481 e. The predicted octanol–water partition coefficient (Wildman–Crippen LogP) is 0.240. The minimum absolute atomic E-state index is 0.0313. The molecule has 64 valence electrons. The summed E-state index contributed by atoms with van der Waals surface area (Å²) in [6.07, 6.45) is 3.81. The average molecular weight is 167 g/mol. The van der Waals surface area contributed by atoms with Crippen LogP contribution in [0.4, 0.5) is 0 Å². The number of carboxylic acid groups (broad SMARTS) is 1. The normalized spacial score (nSPS) is 16.3. The van der Waals surface area contributed by atoms with Gasteiger partial charge in [-0.05, 0) is 12.8 Å². The third-order valence-electron chi connectivity index (χ3n) is 1.90. The molecule has 1 N–H and O–H groups in total. The van der Waals surface area contributed by atoms with Crippen LogP contribution in [0.1, 0.15) is 24.7 Å². The van der Waals surface area contributed by atoms with Crippen LogP contribution >= 0.6 is 0 Å². The molecular formula is C7H9N3O2. The summed E-state index contributed by atoms with van der Waals surface area (Å²) in [4.78, 5) is 10.4. The van der Waals surface area contributed by atoms with Crippen LogP contribution in [0, 0.1) is 0 Å². The van der Waals surface area contributed by atoms with Crippen molar-refractivity contribution in [2.24, 2.45) is 0 Å². The summed E-state index contributed by atoms with van der Waals surface area (Å²) in [6.45, 7) is 0. The van der Waals surface area contributed by atoms with Gasteiger partial charge in [-0.3, -0.25) is 4.79 Å². The van der Waals surface area contributed by atoms with Gasteiger partial charge in [0.1, 0.15) is 18.6 Å². The summed E-state index contributed by atoms with van der Waals surface area (Å²) in [5.41, 5.74) is 0. The quantitative estimate of drug-likeness (QED) is 0.700. The predicted molar refractivity (Wildman–Crippen MR) is 39.6 cm³/mol. The van der Waals surface area contributed by atoms with Crippen molar-refractivity contribution in [1.29, 1.82) is 0 Å². The first-order valence-electron chi connectivity index (χ1n) is 3.87. The standard InChI is InChI=1S/C7H9N3O2/c11-7(12)3-6-9-8-4-10(6)5-1-2-5/h4-5H,1-3H2,(H,11,12). The maximum absolute atomic E-state index is 10.4. The van der Waals surface area contributed by atoms with Gasteiger partial charge in [-0.25, -0.2) is 0 Å². The first-order valence-corrected chi connectivity index (χ1v) is 3.87. The second-order valence-electron chi connectivity index (χ2n) is 2.96. The van der Waals surface area contributed by atoms with Gasteiger partial charge >= 0.3 is 5.97 Å². The number of aromatic nitrogens is 3. The Morgan fingerprint density at radius 1 is 1.75 bits per heavy atom. The van der Waals surface area contributed by atoms with Gasteiger partial charge in [0.05, 0.1) is 0 Å². The monoisotopic (exact) mass is 167 g/mol. The lowest BCUT2D eigenvalue weighted by Gasteiger charge is -2.00. The van der Waals surface area contributed by atoms with Crippen LogP contribution in [-0.4, -0.2) is 25.8 Å². The van der Waals surface area contributed by atoms with E-state index < -0.39 is 5.97 Å². The van der Waals surface area contributed by atoms with Crippen LogP contribution in [0.2, 0.25) is 0 Å². The molecule has 1 aliphatic carbocycles. The molecule has 0 amide bonds. The zero-order chi connectivity index (χ0) is 8.55. The highest BCUT2D eigenvalue weighted by Gasteiger charge is 2.26. The SMILES string of the molecule is O=C(O)Cc1nncn1C1CC1. The molecule has 0 aromatic carbocycles. The molecule has 1 fully saturated rings. The van der Waals surface area contributed by atoms with Gasteiger partial charge in [-0.1, -0.05) is 0 Å². The third kappa shape index (κ3) is 1.30. The molecule has 5 heteroatoms. The Labute approximate surface area is 69.0 Å². The summed E-state index contributed by atoms with van der Waals surface area (Å²) in [7, 11) is 0. The van der Waals surface area contributed by atoms with E-state index in [2.05, 4.69) is 10.2 Å². The second-order valence-corrected chi connectivity index (χ2v) is 2.96. The van der Waals surface area contributed by atoms with Crippen LogP contribution in [0.3, 0.4) is 0 Å². The highest BCUT2D eigenvalue weighted by Crippen LogP contribution is 2.35. The van der Waals surface area contributed by atoms with Gasteiger partial charge in [-0.2, -0.15) is 0 Å². The van der Waals surface area contributed by atoms with Crippen molar-refractivity contribution in [3.8, 4) is 0 Å². The fraction of sp³-hybridized carbons (Fsp3) is 0.571. The number of rotatable bonds is 3. The summed E-state index contributed by atoms with van der Waals surface area (Å²) in [5.74, 6) is -0.296. The van der Waals surface area contributed by atoms with Crippen molar-refractivity contribution in [2.75, 3.05) is 0 Å². The van der Waals surface area contributed by atoms with Crippen molar-refractivity contribution in [1.82, 2.24) is 14.8 Å². The zero-order valence-electron chi connectivity index (χ0n) is 6.47. The molecule has 1 aliphatic rings. The van der Waals surface area contributed by atoms with Crippen molar-refractivity contribution in [3.63, 3.8) is 0 Å². The molecule has 0 atom stereocenters. The summed E-state index contributed by atoms with van der Waals surface area (Å²) in [5, 5.41) is 16.0. The number of carboxylic acids is 1. The van der Waals surface area contributed by atoms with E-state index in [1.165, 1.54) is 0 Å². The molecule has 2 rings (SSSR count). The number of carbonyl (C=O) groups is 1. The number of aliphatic carboxylic acids is 1. The minimum atomic E-state index is -0.857. The molecule has 12 heavy (non-hydrogen) atoms. The fourth-order valence-electron chi connectivity index (χ4n) is 1.19. The maximum atomic E-state index is 10.4. The van der Waals surface area contributed by atoms with Crippen molar-refractivity contribution in [2.45, 2.75) is 25.3 Å². The van der Waals surface area contributed by atoms with Crippen LogP contribution in [-0.2, 0) is 11.2 Å². The molecule has 0 radical (unpaired) electrons. The van der Waals surface area contributed by atoms with E-state index in [4.69, 9.17) is 5.11 Å². The Morgan fingerprint density at radius 3 is 3.08 bits per heavy atom. The van der Waals surface area contributed by atoms with Gasteiger partial charge < -0.3 is 9.67 Å². The molecule has 0 unspecified atom stereocenters. The highest BCUT2D eigenvalue weighted by atomic mass is 16.4. The number of nitrogens with zero attached hydrogens (tertiary/aromatic N) is 3. The lowest BCUT2D eigenvalue weighted by molar-refractivity contribution is -0.136. The van der Waals surface area contributed by atoms with Gasteiger partial charge in [0, 0.05) is 6.04 Å². The Hall–Kier alpha value is -1.39. The summed E-state index contributed by atoms with van der Waals surface area (Å²) >= 11 is 0. The van der Waals surface area contributed by atoms with Crippen LogP contribution in [0.5, 0.6) is 0 Å². The molecular weight excluding hydrogens is 158 g/mol. The topological polar surface area (TPSA) is 68.0 Å². The Morgan fingerprint density at radius 2 is 2.50 bits per heavy atom. The first-order chi connectivity index (χ1) is 5.77. The van der Waals surface area contributed by atoms with Crippen molar-refractivity contribution < 1.29 is 9.90 Å². The van der Waals surface area contributed by atoms with Gasteiger partial charge in [-0.15, -0.1) is 10.2 Å². The van der Waals surface area contributed by atoms with Gasteiger partial charge in [0.25, 0.3) is 0 Å². The first kappa shape index (κ1) is 7.27. The van der Waals surface area contributed by atoms with E-state index in [1.807, 2.05) is 4.57 Å². The van der Waals surface area contributed by atoms with Crippen LogP contribution in [0.15, 0.2) is 6.33 Å². The molecule has 0 bridgehead atoms. The lowest BCUT2D eigenvalue weighted by Crippen LogP contribution is -2.07. The molecule has 1 saturated carbocycles. The Balaban J connectivity index is 2.18. The Bertz CT molecular complexity index is 303. The summed E-state index contributed by atoms with van der Waals surface area (Å²) < 4.78 is 1.86. The highest BCUT2D eigenvalue weighted by molar-refractivity contribution is 5.69.